The van der Waals surface area contributed by atoms with Crippen LogP contribution in [0.2, 0.25) is 0 Å². The number of hydrogen-bond acceptors (Lipinski definition) is 3. The van der Waals surface area contributed by atoms with Crippen molar-refractivity contribution in [2.45, 2.75) is 6.42 Å². The molecule has 0 radical (unpaired) electrons. The van der Waals surface area contributed by atoms with E-state index in [1.807, 2.05) is 0 Å². The smallest absolute Gasteiger partial charge is 0.269 e. The maximum absolute atomic E-state index is 13.2. The largest absolute Gasteiger partial charge is 0.354 e. The van der Waals surface area contributed by atoms with Gasteiger partial charge < -0.3 is 10.6 Å². The number of anilines is 2. The van der Waals surface area contributed by atoms with Crippen molar-refractivity contribution >= 4 is 17.3 Å². The summed E-state index contributed by atoms with van der Waals surface area (Å²) in [6.45, 7) is 0.390. The normalized spacial score (nSPS) is 10.5. The van der Waals surface area contributed by atoms with E-state index in [2.05, 4.69) is 15.6 Å². The third-order valence-corrected chi connectivity index (χ3v) is 3.82. The van der Waals surface area contributed by atoms with Gasteiger partial charge in [0.2, 0.25) is 0 Å². The van der Waals surface area contributed by atoms with Crippen molar-refractivity contribution in [3.05, 3.63) is 89.5 Å². The topological polar surface area (TPSA) is 54.0 Å². The van der Waals surface area contributed by atoms with E-state index in [1.54, 1.807) is 18.2 Å². The van der Waals surface area contributed by atoms with Gasteiger partial charge in [0.25, 0.3) is 5.91 Å². The van der Waals surface area contributed by atoms with E-state index >= 15 is 0 Å². The van der Waals surface area contributed by atoms with Crippen molar-refractivity contribution < 1.29 is 18.0 Å². The molecule has 1 aromatic heterocycles. The molecule has 0 atom stereocenters. The Balaban J connectivity index is 1.53. The Kier molecular flexibility index (Phi) is 5.71. The van der Waals surface area contributed by atoms with Crippen LogP contribution in [0.25, 0.3) is 0 Å². The van der Waals surface area contributed by atoms with Crippen LogP contribution in [0, 0.1) is 17.5 Å². The van der Waals surface area contributed by atoms with Crippen LogP contribution in [0.1, 0.15) is 16.1 Å². The van der Waals surface area contributed by atoms with Crippen LogP contribution in [0.15, 0.2) is 60.8 Å². The first-order chi connectivity index (χ1) is 13.0. The van der Waals surface area contributed by atoms with Gasteiger partial charge in [-0.05, 0) is 48.4 Å². The second-order valence-corrected chi connectivity index (χ2v) is 5.82. The summed E-state index contributed by atoms with van der Waals surface area (Å²) < 4.78 is 39.0. The number of carbonyl (C=O) groups excluding carboxylic acids is 1. The number of hydrogen-bond donors (Lipinski definition) is 2. The van der Waals surface area contributed by atoms with Crippen LogP contribution in [-0.4, -0.2) is 17.4 Å². The molecule has 138 valence electrons. The van der Waals surface area contributed by atoms with E-state index in [0.29, 0.717) is 24.3 Å². The van der Waals surface area contributed by atoms with E-state index < -0.39 is 11.6 Å². The van der Waals surface area contributed by atoms with Gasteiger partial charge in [-0.2, -0.15) is 0 Å². The Morgan fingerprint density at radius 3 is 2.30 bits per heavy atom. The molecule has 0 aliphatic carbocycles. The monoisotopic (exact) mass is 371 g/mol. The van der Waals surface area contributed by atoms with Gasteiger partial charge in [-0.3, -0.25) is 4.79 Å². The van der Waals surface area contributed by atoms with Gasteiger partial charge in [0.05, 0.1) is 11.9 Å². The molecule has 7 heteroatoms. The predicted octanol–water partition coefficient (Wildman–Crippen LogP) is 4.22. The second kappa shape index (κ2) is 8.35. The zero-order valence-electron chi connectivity index (χ0n) is 14.2. The molecule has 27 heavy (non-hydrogen) atoms. The molecule has 3 aromatic rings. The van der Waals surface area contributed by atoms with Crippen LogP contribution in [0.3, 0.4) is 0 Å². The number of carbonyl (C=O) groups is 1. The molecule has 0 bridgehead atoms. The van der Waals surface area contributed by atoms with Gasteiger partial charge in [0.15, 0.2) is 11.6 Å². The average molecular weight is 371 g/mol. The van der Waals surface area contributed by atoms with E-state index in [4.69, 9.17) is 0 Å². The molecule has 1 amide bonds. The molecule has 0 saturated heterocycles. The Labute approximate surface area is 154 Å². The predicted molar refractivity (Wildman–Crippen MR) is 96.3 cm³/mol. The van der Waals surface area contributed by atoms with Crippen molar-refractivity contribution in [2.24, 2.45) is 0 Å². The van der Waals surface area contributed by atoms with Crippen molar-refractivity contribution in [3.8, 4) is 0 Å². The van der Waals surface area contributed by atoms with Gasteiger partial charge in [0, 0.05) is 18.3 Å². The number of nitrogens with zero attached hydrogens (tertiary/aromatic N) is 1. The Morgan fingerprint density at radius 1 is 0.889 bits per heavy atom. The number of amides is 1. The third kappa shape index (κ3) is 5.07. The molecule has 3 rings (SSSR count). The highest BCUT2D eigenvalue weighted by Gasteiger charge is 2.08. The lowest BCUT2D eigenvalue weighted by Crippen LogP contribution is -2.26. The fourth-order valence-electron chi connectivity index (χ4n) is 2.40. The molecule has 1 heterocycles. The highest BCUT2D eigenvalue weighted by Crippen LogP contribution is 2.18. The van der Waals surface area contributed by atoms with Crippen LogP contribution >= 0.6 is 0 Å². The van der Waals surface area contributed by atoms with Crippen LogP contribution < -0.4 is 10.6 Å². The number of nitrogens with one attached hydrogen (secondary N) is 2. The van der Waals surface area contributed by atoms with Gasteiger partial charge in [-0.25, -0.2) is 18.2 Å². The van der Waals surface area contributed by atoms with Crippen LogP contribution in [-0.2, 0) is 6.42 Å². The Hall–Kier alpha value is -3.35. The highest BCUT2D eigenvalue weighted by atomic mass is 19.2. The van der Waals surface area contributed by atoms with Crippen molar-refractivity contribution in [1.29, 1.82) is 0 Å². The van der Waals surface area contributed by atoms with Crippen molar-refractivity contribution in [3.63, 3.8) is 0 Å². The molecule has 0 unspecified atom stereocenters. The number of rotatable bonds is 6. The molecule has 2 aromatic carbocycles. The van der Waals surface area contributed by atoms with Crippen molar-refractivity contribution in [2.75, 3.05) is 11.9 Å². The quantitative estimate of drug-likeness (QED) is 0.682. The summed E-state index contributed by atoms with van der Waals surface area (Å²) >= 11 is 0. The van der Waals surface area contributed by atoms with Crippen LogP contribution in [0.5, 0.6) is 0 Å². The molecule has 0 fully saturated rings. The Morgan fingerprint density at radius 2 is 1.63 bits per heavy atom. The standard InChI is InChI=1S/C20H16F3N3O/c21-14-3-1-13(2-4-14)9-10-24-20(27)19-8-6-16(12-25-19)26-15-5-7-17(22)18(23)11-15/h1-8,11-12,26H,9-10H2,(H,24,27). The Bertz CT molecular complexity index is 928. The summed E-state index contributed by atoms with van der Waals surface area (Å²) in [7, 11) is 0. The summed E-state index contributed by atoms with van der Waals surface area (Å²) in [5, 5.41) is 5.61. The molecule has 0 aliphatic heterocycles. The molecule has 0 spiro atoms. The lowest BCUT2D eigenvalue weighted by Gasteiger charge is -2.08. The lowest BCUT2D eigenvalue weighted by atomic mass is 10.1. The second-order valence-electron chi connectivity index (χ2n) is 5.82. The average Bonchev–Trinajstić information content (AvgIpc) is 2.67. The zero-order chi connectivity index (χ0) is 19.2. The van der Waals surface area contributed by atoms with E-state index in [1.165, 1.54) is 30.5 Å². The minimum atomic E-state index is -0.954. The molecular weight excluding hydrogens is 355 g/mol. The number of halogens is 3. The lowest BCUT2D eigenvalue weighted by molar-refractivity contribution is 0.0949. The summed E-state index contributed by atoms with van der Waals surface area (Å²) in [6.07, 6.45) is 2.00. The summed E-state index contributed by atoms with van der Waals surface area (Å²) in [6, 6.07) is 12.7. The van der Waals surface area contributed by atoms with Gasteiger partial charge in [-0.1, -0.05) is 12.1 Å². The summed E-state index contributed by atoms with van der Waals surface area (Å²) in [5.74, 6) is -2.52. The van der Waals surface area contributed by atoms with E-state index in [9.17, 15) is 18.0 Å². The minimum Gasteiger partial charge on any atom is -0.354 e. The van der Waals surface area contributed by atoms with Crippen LogP contribution in [0.4, 0.5) is 24.5 Å². The molecule has 0 aliphatic rings. The third-order valence-electron chi connectivity index (χ3n) is 3.82. The first-order valence-electron chi connectivity index (χ1n) is 8.22. The number of pyridine rings is 1. The first-order valence-corrected chi connectivity index (χ1v) is 8.22. The molecule has 0 saturated carbocycles. The first kappa shape index (κ1) is 18.4. The molecule has 4 nitrogen and oxygen atoms in total. The molecular formula is C20H16F3N3O. The van der Waals surface area contributed by atoms with E-state index in [-0.39, 0.29) is 17.4 Å². The fourth-order valence-corrected chi connectivity index (χ4v) is 2.40. The van der Waals surface area contributed by atoms with Gasteiger partial charge in [-0.15, -0.1) is 0 Å². The SMILES string of the molecule is O=C(NCCc1ccc(F)cc1)c1ccc(Nc2ccc(F)c(F)c2)cn1. The summed E-state index contributed by atoms with van der Waals surface area (Å²) in [5.41, 5.74) is 2.04. The van der Waals surface area contributed by atoms with Crippen molar-refractivity contribution in [1.82, 2.24) is 10.3 Å². The molecule has 2 N–H and O–H groups in total. The highest BCUT2D eigenvalue weighted by molar-refractivity contribution is 5.92. The van der Waals surface area contributed by atoms with Gasteiger partial charge in [0.1, 0.15) is 11.5 Å². The number of aromatic nitrogens is 1. The fraction of sp³-hybridized carbons (Fsp3) is 0.100. The van der Waals surface area contributed by atoms with Gasteiger partial charge >= 0.3 is 0 Å². The number of benzene rings is 2. The zero-order valence-corrected chi connectivity index (χ0v) is 14.2. The minimum absolute atomic E-state index is 0.227. The summed E-state index contributed by atoms with van der Waals surface area (Å²) in [4.78, 5) is 16.2. The maximum Gasteiger partial charge on any atom is 0.269 e. The maximum atomic E-state index is 13.2. The van der Waals surface area contributed by atoms with E-state index in [0.717, 1.165) is 17.7 Å².